The van der Waals surface area contributed by atoms with Crippen molar-refractivity contribution in [1.29, 1.82) is 0 Å². The van der Waals surface area contributed by atoms with Crippen molar-refractivity contribution >= 4 is 29.9 Å². The molecule has 2 aromatic rings. The number of ether oxygens (including phenoxy) is 2. The second kappa shape index (κ2) is 9.73. The molecule has 2 saturated heterocycles. The first kappa shape index (κ1) is 21.1. The van der Waals surface area contributed by atoms with Crippen LogP contribution < -0.4 is 20.3 Å². The molecule has 7 nitrogen and oxygen atoms in total. The lowest BCUT2D eigenvalue weighted by molar-refractivity contribution is -0.126. The van der Waals surface area contributed by atoms with Gasteiger partial charge in [-0.15, -0.1) is 12.4 Å². The zero-order valence-corrected chi connectivity index (χ0v) is 16.7. The second-order valence-corrected chi connectivity index (χ2v) is 6.90. The molecule has 2 amide bonds. The third-order valence-electron chi connectivity index (χ3n) is 4.84. The molecular formula is C21H24ClN3O4. The van der Waals surface area contributed by atoms with E-state index in [-0.39, 0.29) is 36.3 Å². The predicted molar refractivity (Wildman–Crippen MR) is 112 cm³/mol. The summed E-state index contributed by atoms with van der Waals surface area (Å²) < 4.78 is 11.1. The van der Waals surface area contributed by atoms with Crippen LogP contribution in [-0.2, 0) is 14.3 Å². The molecule has 2 fully saturated rings. The minimum absolute atomic E-state index is 0. The predicted octanol–water partition coefficient (Wildman–Crippen LogP) is 2.11. The summed E-state index contributed by atoms with van der Waals surface area (Å²) in [5, 5.41) is 6.08. The molecule has 4 rings (SSSR count). The Morgan fingerprint density at radius 2 is 1.83 bits per heavy atom. The van der Waals surface area contributed by atoms with Crippen LogP contribution in [-0.4, -0.2) is 50.2 Å². The molecule has 2 aliphatic rings. The monoisotopic (exact) mass is 417 g/mol. The zero-order valence-electron chi connectivity index (χ0n) is 15.9. The maximum Gasteiger partial charge on any atom is 0.239 e. The van der Waals surface area contributed by atoms with E-state index in [1.165, 1.54) is 0 Å². The standard InChI is InChI=1S/C21H23N3O4.ClH/c25-20-12-15(23-21(26)19-14-27-11-10-22-19)13-24(20)16-6-8-18(9-7-16)28-17-4-2-1-3-5-17;/h1-9,15,19,22H,10-14H2,(H,23,26);1H. The highest BCUT2D eigenvalue weighted by Crippen LogP contribution is 2.27. The summed E-state index contributed by atoms with van der Waals surface area (Å²) in [7, 11) is 0. The van der Waals surface area contributed by atoms with Crippen LogP contribution in [0.25, 0.3) is 0 Å². The fourth-order valence-corrected chi connectivity index (χ4v) is 3.41. The van der Waals surface area contributed by atoms with Gasteiger partial charge in [-0.1, -0.05) is 18.2 Å². The van der Waals surface area contributed by atoms with Gasteiger partial charge in [-0.25, -0.2) is 0 Å². The molecule has 0 aromatic heterocycles. The molecule has 0 radical (unpaired) electrons. The summed E-state index contributed by atoms with van der Waals surface area (Å²) in [6.45, 7) is 2.09. The zero-order chi connectivity index (χ0) is 19.3. The number of nitrogens with one attached hydrogen (secondary N) is 2. The largest absolute Gasteiger partial charge is 0.457 e. The summed E-state index contributed by atoms with van der Waals surface area (Å²) in [5.74, 6) is 1.34. The number of hydrogen-bond donors (Lipinski definition) is 2. The number of rotatable bonds is 5. The number of nitrogens with zero attached hydrogens (tertiary/aromatic N) is 1. The van der Waals surface area contributed by atoms with E-state index in [1.807, 2.05) is 54.6 Å². The Bertz CT molecular complexity index is 826. The minimum Gasteiger partial charge on any atom is -0.457 e. The Hall–Kier alpha value is -2.61. The molecule has 2 heterocycles. The number of halogens is 1. The van der Waals surface area contributed by atoms with Crippen molar-refractivity contribution in [2.24, 2.45) is 0 Å². The molecule has 0 bridgehead atoms. The van der Waals surface area contributed by atoms with Crippen LogP contribution in [0.2, 0.25) is 0 Å². The average molecular weight is 418 g/mol. The van der Waals surface area contributed by atoms with E-state index in [1.54, 1.807) is 4.90 Å². The molecule has 2 N–H and O–H groups in total. The summed E-state index contributed by atoms with van der Waals surface area (Å²) in [6, 6.07) is 16.4. The summed E-state index contributed by atoms with van der Waals surface area (Å²) in [6.07, 6.45) is 0.293. The number of carbonyl (C=O) groups is 2. The molecule has 8 heteroatoms. The molecule has 2 aliphatic heterocycles. The molecule has 154 valence electrons. The van der Waals surface area contributed by atoms with E-state index in [2.05, 4.69) is 10.6 Å². The number of morpholine rings is 1. The Labute approximate surface area is 175 Å². The van der Waals surface area contributed by atoms with Crippen LogP contribution in [0.4, 0.5) is 5.69 Å². The molecule has 0 aliphatic carbocycles. The van der Waals surface area contributed by atoms with Gasteiger partial charge in [0.15, 0.2) is 0 Å². The molecule has 0 spiro atoms. The van der Waals surface area contributed by atoms with Gasteiger partial charge in [0.1, 0.15) is 17.5 Å². The van der Waals surface area contributed by atoms with Gasteiger partial charge in [-0.3, -0.25) is 9.59 Å². The third-order valence-corrected chi connectivity index (χ3v) is 4.84. The van der Waals surface area contributed by atoms with Crippen LogP contribution in [0.5, 0.6) is 11.5 Å². The third kappa shape index (κ3) is 5.26. The van der Waals surface area contributed by atoms with Gasteiger partial charge in [0, 0.05) is 25.2 Å². The van der Waals surface area contributed by atoms with Crippen molar-refractivity contribution in [1.82, 2.24) is 10.6 Å². The highest BCUT2D eigenvalue weighted by molar-refractivity contribution is 5.97. The van der Waals surface area contributed by atoms with Crippen molar-refractivity contribution in [3.63, 3.8) is 0 Å². The Morgan fingerprint density at radius 1 is 1.10 bits per heavy atom. The Morgan fingerprint density at radius 3 is 2.52 bits per heavy atom. The topological polar surface area (TPSA) is 79.9 Å². The van der Waals surface area contributed by atoms with Gasteiger partial charge in [-0.2, -0.15) is 0 Å². The molecular weight excluding hydrogens is 394 g/mol. The number of amides is 2. The number of para-hydroxylation sites is 1. The fraction of sp³-hybridized carbons (Fsp3) is 0.333. The van der Waals surface area contributed by atoms with Crippen LogP contribution in [0.1, 0.15) is 6.42 Å². The lowest BCUT2D eigenvalue weighted by atomic mass is 10.2. The second-order valence-electron chi connectivity index (χ2n) is 6.90. The first-order valence-corrected chi connectivity index (χ1v) is 9.44. The van der Waals surface area contributed by atoms with E-state index in [4.69, 9.17) is 9.47 Å². The molecule has 0 saturated carbocycles. The maximum absolute atomic E-state index is 12.4. The van der Waals surface area contributed by atoms with E-state index in [0.717, 1.165) is 11.4 Å². The maximum atomic E-state index is 12.4. The van der Waals surface area contributed by atoms with E-state index in [9.17, 15) is 9.59 Å². The smallest absolute Gasteiger partial charge is 0.239 e. The van der Waals surface area contributed by atoms with Crippen LogP contribution in [0, 0.1) is 0 Å². The highest BCUT2D eigenvalue weighted by Gasteiger charge is 2.33. The number of benzene rings is 2. The minimum atomic E-state index is -0.354. The normalized spacial score (nSPS) is 21.4. The van der Waals surface area contributed by atoms with Gasteiger partial charge in [0.25, 0.3) is 0 Å². The summed E-state index contributed by atoms with van der Waals surface area (Å²) in [5.41, 5.74) is 0.793. The molecule has 2 aromatic carbocycles. The lowest BCUT2D eigenvalue weighted by Gasteiger charge is -2.24. The fourth-order valence-electron chi connectivity index (χ4n) is 3.41. The first-order chi connectivity index (χ1) is 13.7. The van der Waals surface area contributed by atoms with Crippen molar-refractivity contribution in [2.45, 2.75) is 18.5 Å². The Kier molecular flexibility index (Phi) is 7.09. The van der Waals surface area contributed by atoms with Gasteiger partial charge >= 0.3 is 0 Å². The van der Waals surface area contributed by atoms with Gasteiger partial charge < -0.3 is 25.0 Å². The first-order valence-electron chi connectivity index (χ1n) is 9.44. The Balaban J connectivity index is 0.00000240. The van der Waals surface area contributed by atoms with Crippen molar-refractivity contribution in [2.75, 3.05) is 31.2 Å². The number of anilines is 1. The van der Waals surface area contributed by atoms with E-state index >= 15 is 0 Å². The van der Waals surface area contributed by atoms with Crippen molar-refractivity contribution < 1.29 is 19.1 Å². The van der Waals surface area contributed by atoms with Crippen LogP contribution >= 0.6 is 12.4 Å². The molecule has 2 unspecified atom stereocenters. The molecule has 2 atom stereocenters. The van der Waals surface area contributed by atoms with Gasteiger partial charge in [0.2, 0.25) is 11.8 Å². The van der Waals surface area contributed by atoms with Crippen LogP contribution in [0.3, 0.4) is 0 Å². The van der Waals surface area contributed by atoms with Crippen molar-refractivity contribution in [3.8, 4) is 11.5 Å². The summed E-state index contributed by atoms with van der Waals surface area (Å²) >= 11 is 0. The van der Waals surface area contributed by atoms with Gasteiger partial charge in [0.05, 0.1) is 19.3 Å². The number of carbonyl (C=O) groups excluding carboxylic acids is 2. The highest BCUT2D eigenvalue weighted by atomic mass is 35.5. The average Bonchev–Trinajstić information content (AvgIpc) is 3.10. The van der Waals surface area contributed by atoms with Crippen molar-refractivity contribution in [3.05, 3.63) is 54.6 Å². The van der Waals surface area contributed by atoms with E-state index in [0.29, 0.717) is 38.5 Å². The van der Waals surface area contributed by atoms with Gasteiger partial charge in [-0.05, 0) is 36.4 Å². The van der Waals surface area contributed by atoms with E-state index < -0.39 is 0 Å². The summed E-state index contributed by atoms with van der Waals surface area (Å²) in [4.78, 5) is 26.4. The molecule has 29 heavy (non-hydrogen) atoms. The number of hydrogen-bond acceptors (Lipinski definition) is 5. The lowest BCUT2D eigenvalue weighted by Crippen LogP contribution is -2.53. The van der Waals surface area contributed by atoms with Crippen LogP contribution in [0.15, 0.2) is 54.6 Å². The quantitative estimate of drug-likeness (QED) is 0.778. The SMILES string of the molecule is Cl.O=C(NC1CC(=O)N(c2ccc(Oc3ccccc3)cc2)C1)C1COCCN1.